The molecule has 1 heterocycles. The molecule has 0 aliphatic carbocycles. The maximum atomic E-state index is 14.2. The fourth-order valence-corrected chi connectivity index (χ4v) is 3.94. The molecule has 130 valence electrons. The zero-order valence-electron chi connectivity index (χ0n) is 13.6. The molecule has 7 heteroatoms. The molecule has 0 saturated heterocycles. The van der Waals surface area contributed by atoms with Crippen LogP contribution >= 0.6 is 22.9 Å². The number of thiophene rings is 1. The van der Waals surface area contributed by atoms with Gasteiger partial charge in [-0.05, 0) is 30.3 Å². The van der Waals surface area contributed by atoms with Crippen LogP contribution in [0, 0.1) is 5.82 Å². The van der Waals surface area contributed by atoms with Gasteiger partial charge in [-0.1, -0.05) is 17.7 Å². The van der Waals surface area contributed by atoms with Crippen LogP contribution in [0.5, 0.6) is 5.75 Å². The van der Waals surface area contributed by atoms with Gasteiger partial charge in [-0.2, -0.15) is 0 Å². The Kier molecular flexibility index (Phi) is 5.22. The van der Waals surface area contributed by atoms with E-state index in [1.807, 2.05) is 0 Å². The third-order valence-corrected chi connectivity index (χ3v) is 5.16. The number of methoxy groups -OCH3 is 2. The highest BCUT2D eigenvalue weighted by molar-refractivity contribution is 7.21. The predicted octanol–water partition coefficient (Wildman–Crippen LogP) is 5.10. The summed E-state index contributed by atoms with van der Waals surface area (Å²) in [7, 11) is 3.03. The molecular weight excluding hydrogens is 365 g/mol. The third-order valence-electron chi connectivity index (χ3n) is 3.67. The summed E-state index contributed by atoms with van der Waals surface area (Å²) in [6, 6.07) is 9.73. The summed E-state index contributed by atoms with van der Waals surface area (Å²) >= 11 is 7.31. The number of fused-ring (bicyclic) bond motifs is 1. The van der Waals surface area contributed by atoms with Gasteiger partial charge in [0.15, 0.2) is 0 Å². The number of nitrogens with one attached hydrogen (secondary N) is 1. The molecule has 25 heavy (non-hydrogen) atoms. The lowest BCUT2D eigenvalue weighted by molar-refractivity contribution is 0.102. The average Bonchev–Trinajstić information content (AvgIpc) is 2.95. The molecule has 4 nitrogen and oxygen atoms in total. The first-order valence-electron chi connectivity index (χ1n) is 7.39. The fraction of sp³-hybridized carbons (Fsp3) is 0.167. The average molecular weight is 380 g/mol. The van der Waals surface area contributed by atoms with Gasteiger partial charge in [0.2, 0.25) is 0 Å². The second-order valence-corrected chi connectivity index (χ2v) is 6.72. The zero-order valence-corrected chi connectivity index (χ0v) is 15.1. The van der Waals surface area contributed by atoms with E-state index in [-0.39, 0.29) is 18.3 Å². The molecule has 0 spiro atoms. The van der Waals surface area contributed by atoms with Crippen molar-refractivity contribution < 1.29 is 18.7 Å². The van der Waals surface area contributed by atoms with Crippen LogP contribution in [0.25, 0.3) is 10.1 Å². The minimum atomic E-state index is -0.368. The predicted molar refractivity (Wildman–Crippen MR) is 98.5 cm³/mol. The molecule has 0 fully saturated rings. The molecule has 0 aliphatic heterocycles. The van der Waals surface area contributed by atoms with Gasteiger partial charge in [-0.15, -0.1) is 11.3 Å². The topological polar surface area (TPSA) is 47.6 Å². The molecule has 1 amide bonds. The molecule has 0 saturated carbocycles. The van der Waals surface area contributed by atoms with Gasteiger partial charge in [0.25, 0.3) is 5.91 Å². The van der Waals surface area contributed by atoms with Crippen LogP contribution in [0.15, 0.2) is 36.4 Å². The first-order chi connectivity index (χ1) is 12.0. The molecule has 0 radical (unpaired) electrons. The maximum absolute atomic E-state index is 14.2. The molecule has 1 N–H and O–H groups in total. The van der Waals surface area contributed by atoms with E-state index >= 15 is 0 Å². The van der Waals surface area contributed by atoms with Crippen molar-refractivity contribution in [2.75, 3.05) is 19.5 Å². The molecule has 0 atom stereocenters. The Labute approximate surface area is 153 Å². The summed E-state index contributed by atoms with van der Waals surface area (Å²) < 4.78 is 25.2. The van der Waals surface area contributed by atoms with Gasteiger partial charge >= 0.3 is 0 Å². The van der Waals surface area contributed by atoms with Crippen LogP contribution in [-0.2, 0) is 11.3 Å². The lowest BCUT2D eigenvalue weighted by Crippen LogP contribution is -2.12. The summed E-state index contributed by atoms with van der Waals surface area (Å²) in [5, 5.41) is 3.60. The van der Waals surface area contributed by atoms with E-state index in [1.165, 1.54) is 31.6 Å². The highest BCUT2D eigenvalue weighted by Crippen LogP contribution is 2.35. The normalized spacial score (nSPS) is 10.9. The number of carbonyl (C=O) groups excluding carboxylic acids is 1. The Hall–Kier alpha value is -2.15. The number of rotatable bonds is 5. The number of anilines is 1. The summed E-state index contributed by atoms with van der Waals surface area (Å²) in [6.45, 7) is 0.146. The molecule has 2 aromatic carbocycles. The van der Waals surface area contributed by atoms with Crippen molar-refractivity contribution in [3.05, 3.63) is 57.7 Å². The van der Waals surface area contributed by atoms with Crippen molar-refractivity contribution in [3.8, 4) is 5.75 Å². The number of carbonyl (C=O) groups is 1. The number of hydrogen-bond donors (Lipinski definition) is 1. The SMILES string of the molecule is COCc1c(C(=O)Nc2ccc(OC)c(Cl)c2)sc2cccc(F)c12. The lowest BCUT2D eigenvalue weighted by atomic mass is 10.1. The molecule has 0 unspecified atom stereocenters. The molecule has 0 bridgehead atoms. The summed E-state index contributed by atoms with van der Waals surface area (Å²) in [5.74, 6) is -0.190. The Morgan fingerprint density at radius 2 is 2.08 bits per heavy atom. The van der Waals surface area contributed by atoms with Crippen LogP contribution in [0.4, 0.5) is 10.1 Å². The van der Waals surface area contributed by atoms with Gasteiger partial charge in [0.1, 0.15) is 11.6 Å². The Bertz CT molecular complexity index is 941. The van der Waals surface area contributed by atoms with Crippen LogP contribution in [0.2, 0.25) is 5.02 Å². The Morgan fingerprint density at radius 1 is 1.28 bits per heavy atom. The molecule has 0 aliphatic rings. The van der Waals surface area contributed by atoms with E-state index in [0.717, 1.165) is 0 Å². The van der Waals surface area contributed by atoms with Crippen molar-refractivity contribution in [1.29, 1.82) is 0 Å². The minimum absolute atomic E-state index is 0.146. The highest BCUT2D eigenvalue weighted by atomic mass is 35.5. The molecule has 1 aromatic heterocycles. The van der Waals surface area contributed by atoms with Gasteiger partial charge in [-0.25, -0.2) is 4.39 Å². The minimum Gasteiger partial charge on any atom is -0.495 e. The maximum Gasteiger partial charge on any atom is 0.266 e. The molecular formula is C18H15ClFNO3S. The molecule has 3 aromatic rings. The van der Waals surface area contributed by atoms with Crippen LogP contribution in [-0.4, -0.2) is 20.1 Å². The van der Waals surface area contributed by atoms with E-state index in [1.54, 1.807) is 30.3 Å². The van der Waals surface area contributed by atoms with E-state index in [4.69, 9.17) is 21.1 Å². The number of hydrogen-bond acceptors (Lipinski definition) is 4. The summed E-state index contributed by atoms with van der Waals surface area (Å²) in [6.07, 6.45) is 0. The van der Waals surface area contributed by atoms with Gasteiger partial charge < -0.3 is 14.8 Å². The molecule has 3 rings (SSSR count). The van der Waals surface area contributed by atoms with Crippen molar-refractivity contribution in [1.82, 2.24) is 0 Å². The van der Waals surface area contributed by atoms with E-state index < -0.39 is 0 Å². The fourth-order valence-electron chi connectivity index (χ4n) is 2.56. The standard InChI is InChI=1S/C18H15ClFNO3S/c1-23-9-11-16-13(20)4-3-5-15(16)25-17(11)18(22)21-10-6-7-14(24-2)12(19)8-10/h3-8H,9H2,1-2H3,(H,21,22). The highest BCUT2D eigenvalue weighted by Gasteiger charge is 2.21. The van der Waals surface area contributed by atoms with Crippen molar-refractivity contribution in [3.63, 3.8) is 0 Å². The zero-order chi connectivity index (χ0) is 18.0. The second-order valence-electron chi connectivity index (χ2n) is 5.26. The largest absolute Gasteiger partial charge is 0.495 e. The quantitative estimate of drug-likeness (QED) is 0.670. The number of benzene rings is 2. The smallest absolute Gasteiger partial charge is 0.266 e. The van der Waals surface area contributed by atoms with Gasteiger partial charge in [0, 0.05) is 28.4 Å². The number of amides is 1. The Morgan fingerprint density at radius 3 is 2.76 bits per heavy atom. The van der Waals surface area contributed by atoms with Crippen molar-refractivity contribution >= 4 is 44.6 Å². The van der Waals surface area contributed by atoms with Crippen LogP contribution in [0.1, 0.15) is 15.2 Å². The van der Waals surface area contributed by atoms with E-state index in [0.29, 0.717) is 37.0 Å². The second kappa shape index (κ2) is 7.39. The van der Waals surface area contributed by atoms with E-state index in [2.05, 4.69) is 5.32 Å². The first-order valence-corrected chi connectivity index (χ1v) is 8.58. The third kappa shape index (κ3) is 3.46. The van der Waals surface area contributed by atoms with Crippen molar-refractivity contribution in [2.45, 2.75) is 6.61 Å². The van der Waals surface area contributed by atoms with Crippen LogP contribution < -0.4 is 10.1 Å². The van der Waals surface area contributed by atoms with Gasteiger partial charge in [-0.3, -0.25) is 4.79 Å². The van der Waals surface area contributed by atoms with E-state index in [9.17, 15) is 9.18 Å². The summed E-state index contributed by atoms with van der Waals surface area (Å²) in [5.41, 5.74) is 1.06. The number of halogens is 2. The first kappa shape index (κ1) is 17.7. The van der Waals surface area contributed by atoms with Crippen LogP contribution in [0.3, 0.4) is 0 Å². The van der Waals surface area contributed by atoms with Gasteiger partial charge in [0.05, 0.1) is 23.6 Å². The summed E-state index contributed by atoms with van der Waals surface area (Å²) in [4.78, 5) is 13.1. The van der Waals surface area contributed by atoms with Crippen molar-refractivity contribution in [2.24, 2.45) is 0 Å². The number of ether oxygens (including phenoxy) is 2. The Balaban J connectivity index is 1.98. The monoisotopic (exact) mass is 379 g/mol. The lowest BCUT2D eigenvalue weighted by Gasteiger charge is -2.08.